The van der Waals surface area contributed by atoms with Gasteiger partial charge in [0.15, 0.2) is 0 Å². The molecule has 0 spiro atoms. The highest BCUT2D eigenvalue weighted by Crippen LogP contribution is 2.20. The molecule has 140 valence electrons. The lowest BCUT2D eigenvalue weighted by atomic mass is 10.2. The molecule has 7 nitrogen and oxygen atoms in total. The van der Waals surface area contributed by atoms with Gasteiger partial charge in [0.2, 0.25) is 10.0 Å². The number of benzene rings is 2. The van der Waals surface area contributed by atoms with E-state index in [4.69, 9.17) is 10.00 Å². The van der Waals surface area contributed by atoms with Crippen LogP contribution in [0.5, 0.6) is 5.75 Å². The first-order valence-corrected chi connectivity index (χ1v) is 9.85. The fraction of sp³-hybridized carbons (Fsp3) is 0.263. The van der Waals surface area contributed by atoms with Crippen LogP contribution in [0.2, 0.25) is 0 Å². The number of carbonyl (C=O) groups is 1. The highest BCUT2D eigenvalue weighted by Gasteiger charge is 2.28. The number of carbonyl (C=O) groups excluding carboxylic acids is 1. The van der Waals surface area contributed by atoms with E-state index in [9.17, 15) is 13.2 Å². The minimum Gasteiger partial charge on any atom is -0.423 e. The normalized spacial score (nSPS) is 15.9. The summed E-state index contributed by atoms with van der Waals surface area (Å²) in [4.78, 5) is 14.5. The smallest absolute Gasteiger partial charge is 0.343 e. The summed E-state index contributed by atoms with van der Waals surface area (Å²) in [7, 11) is -1.71. The summed E-state index contributed by atoms with van der Waals surface area (Å²) in [6.07, 6.45) is 0. The summed E-state index contributed by atoms with van der Waals surface area (Å²) in [5.74, 6) is -0.374. The molecule has 2 aromatic rings. The molecule has 1 fully saturated rings. The molecule has 1 aliphatic rings. The molecule has 1 aliphatic heterocycles. The molecule has 1 heterocycles. The van der Waals surface area contributed by atoms with E-state index >= 15 is 0 Å². The third-order valence-electron chi connectivity index (χ3n) is 4.36. The first kappa shape index (κ1) is 19.0. The Hall–Kier alpha value is -2.73. The second-order valence-corrected chi connectivity index (χ2v) is 8.20. The lowest BCUT2D eigenvalue weighted by molar-refractivity contribution is 0.0734. The lowest BCUT2D eigenvalue weighted by Crippen LogP contribution is -2.47. The topological polar surface area (TPSA) is 90.7 Å². The van der Waals surface area contributed by atoms with Crippen molar-refractivity contribution in [2.45, 2.75) is 4.90 Å². The maximum atomic E-state index is 12.8. The molecule has 0 atom stereocenters. The molecule has 3 rings (SSSR count). The van der Waals surface area contributed by atoms with Gasteiger partial charge in [0.25, 0.3) is 0 Å². The minimum absolute atomic E-state index is 0.0707. The third-order valence-corrected chi connectivity index (χ3v) is 6.26. The first-order valence-electron chi connectivity index (χ1n) is 8.41. The molecule has 0 N–H and O–H groups in total. The highest BCUT2D eigenvalue weighted by molar-refractivity contribution is 7.89. The molecule has 0 bridgehead atoms. The Bertz CT molecular complexity index is 973. The Kier molecular flexibility index (Phi) is 5.56. The van der Waals surface area contributed by atoms with Crippen LogP contribution in [0.1, 0.15) is 15.9 Å². The molecule has 0 saturated carbocycles. The van der Waals surface area contributed by atoms with Crippen molar-refractivity contribution in [2.24, 2.45) is 0 Å². The van der Waals surface area contributed by atoms with Crippen LogP contribution in [0, 0.1) is 11.3 Å². The Balaban J connectivity index is 1.78. The molecular formula is C19H19N3O4S. The van der Waals surface area contributed by atoms with E-state index in [0.29, 0.717) is 31.7 Å². The van der Waals surface area contributed by atoms with E-state index in [1.165, 1.54) is 52.8 Å². The molecule has 0 unspecified atom stereocenters. The number of hydrogen-bond acceptors (Lipinski definition) is 6. The van der Waals surface area contributed by atoms with E-state index in [1.54, 1.807) is 0 Å². The molecule has 0 aliphatic carbocycles. The summed E-state index contributed by atoms with van der Waals surface area (Å²) in [5.41, 5.74) is 0.602. The second kappa shape index (κ2) is 7.88. The fourth-order valence-electron chi connectivity index (χ4n) is 2.72. The van der Waals surface area contributed by atoms with Crippen LogP contribution < -0.4 is 4.74 Å². The highest BCUT2D eigenvalue weighted by atomic mass is 32.2. The number of esters is 1. The molecule has 0 aromatic heterocycles. The van der Waals surface area contributed by atoms with Gasteiger partial charge in [-0.25, -0.2) is 13.2 Å². The third kappa shape index (κ3) is 4.34. The molecule has 0 amide bonds. The van der Waals surface area contributed by atoms with Crippen molar-refractivity contribution in [3.05, 3.63) is 59.7 Å². The van der Waals surface area contributed by atoms with Crippen molar-refractivity contribution in [1.82, 2.24) is 9.21 Å². The fourth-order valence-corrected chi connectivity index (χ4v) is 4.19. The van der Waals surface area contributed by atoms with Gasteiger partial charge < -0.3 is 9.64 Å². The largest absolute Gasteiger partial charge is 0.423 e. The van der Waals surface area contributed by atoms with Crippen molar-refractivity contribution in [3.8, 4) is 11.8 Å². The van der Waals surface area contributed by atoms with E-state index in [1.807, 2.05) is 13.1 Å². The average molecular weight is 385 g/mol. The molecule has 27 heavy (non-hydrogen) atoms. The number of rotatable bonds is 4. The maximum Gasteiger partial charge on any atom is 0.343 e. The predicted molar refractivity (Wildman–Crippen MR) is 98.8 cm³/mol. The Morgan fingerprint density at radius 3 is 2.37 bits per heavy atom. The van der Waals surface area contributed by atoms with Gasteiger partial charge in [0, 0.05) is 26.2 Å². The minimum atomic E-state index is -3.66. The molecule has 8 heteroatoms. The van der Waals surface area contributed by atoms with Crippen molar-refractivity contribution in [2.75, 3.05) is 33.2 Å². The Morgan fingerprint density at radius 1 is 1.07 bits per heavy atom. The van der Waals surface area contributed by atoms with Gasteiger partial charge in [-0.1, -0.05) is 6.07 Å². The van der Waals surface area contributed by atoms with Gasteiger partial charge >= 0.3 is 5.97 Å². The van der Waals surface area contributed by atoms with Crippen LogP contribution >= 0.6 is 0 Å². The number of sulfonamides is 1. The number of ether oxygens (including phenoxy) is 1. The van der Waals surface area contributed by atoms with Gasteiger partial charge in [-0.05, 0) is 49.5 Å². The molecule has 0 radical (unpaired) electrons. The number of hydrogen-bond donors (Lipinski definition) is 0. The van der Waals surface area contributed by atoms with E-state index in [2.05, 4.69) is 4.90 Å². The van der Waals surface area contributed by atoms with Crippen molar-refractivity contribution < 1.29 is 17.9 Å². The SMILES string of the molecule is CN1CCN(S(=O)(=O)c2cccc(C(=O)Oc3ccc(C#N)cc3)c2)CC1. The van der Waals surface area contributed by atoms with Gasteiger partial charge in [-0.3, -0.25) is 0 Å². The first-order chi connectivity index (χ1) is 12.9. The standard InChI is InChI=1S/C19H19N3O4S/c1-21-9-11-22(12-10-21)27(24,25)18-4-2-3-16(13-18)19(23)26-17-7-5-15(14-20)6-8-17/h2-8,13H,9-12H2,1H3. The average Bonchev–Trinajstić information content (AvgIpc) is 2.69. The van der Waals surface area contributed by atoms with Gasteiger partial charge in [0.05, 0.1) is 22.1 Å². The van der Waals surface area contributed by atoms with Gasteiger partial charge in [0.1, 0.15) is 5.75 Å². The zero-order chi connectivity index (χ0) is 19.4. The van der Waals surface area contributed by atoms with E-state index in [-0.39, 0.29) is 16.2 Å². The van der Waals surface area contributed by atoms with Crippen molar-refractivity contribution in [3.63, 3.8) is 0 Å². The maximum absolute atomic E-state index is 12.8. The van der Waals surface area contributed by atoms with Gasteiger partial charge in [-0.15, -0.1) is 0 Å². The van der Waals surface area contributed by atoms with Crippen LogP contribution in [0.25, 0.3) is 0 Å². The van der Waals surface area contributed by atoms with Crippen LogP contribution in [-0.4, -0.2) is 56.8 Å². The molecule has 1 saturated heterocycles. The van der Waals surface area contributed by atoms with E-state index in [0.717, 1.165) is 0 Å². The summed E-state index contributed by atoms with van der Waals surface area (Å²) in [6.45, 7) is 2.16. The summed E-state index contributed by atoms with van der Waals surface area (Å²) in [5, 5.41) is 8.80. The summed E-state index contributed by atoms with van der Waals surface area (Å²) in [6, 6.07) is 13.9. The number of piperazine rings is 1. The number of nitrogens with zero attached hydrogens (tertiary/aromatic N) is 3. The van der Waals surface area contributed by atoms with Crippen LogP contribution in [0.3, 0.4) is 0 Å². The Labute approximate surface area is 158 Å². The zero-order valence-electron chi connectivity index (χ0n) is 14.8. The van der Waals surface area contributed by atoms with Crippen LogP contribution in [0.4, 0.5) is 0 Å². The predicted octanol–water partition coefficient (Wildman–Crippen LogP) is 1.71. The Morgan fingerprint density at radius 2 is 1.74 bits per heavy atom. The lowest BCUT2D eigenvalue weighted by Gasteiger charge is -2.31. The number of likely N-dealkylation sites (N-methyl/N-ethyl adjacent to an activating group) is 1. The summed E-state index contributed by atoms with van der Waals surface area (Å²) >= 11 is 0. The van der Waals surface area contributed by atoms with Gasteiger partial charge in [-0.2, -0.15) is 9.57 Å². The monoisotopic (exact) mass is 385 g/mol. The zero-order valence-corrected chi connectivity index (χ0v) is 15.6. The van der Waals surface area contributed by atoms with Crippen LogP contribution in [0.15, 0.2) is 53.4 Å². The molecule has 2 aromatic carbocycles. The second-order valence-electron chi connectivity index (χ2n) is 6.26. The quantitative estimate of drug-likeness (QED) is 0.588. The summed E-state index contributed by atoms with van der Waals surface area (Å²) < 4.78 is 32.3. The molecular weight excluding hydrogens is 366 g/mol. The number of nitriles is 1. The van der Waals surface area contributed by atoms with Crippen LogP contribution in [-0.2, 0) is 10.0 Å². The van der Waals surface area contributed by atoms with Crippen molar-refractivity contribution >= 4 is 16.0 Å². The van der Waals surface area contributed by atoms with E-state index < -0.39 is 16.0 Å². The van der Waals surface area contributed by atoms with Crippen molar-refractivity contribution in [1.29, 1.82) is 5.26 Å².